The van der Waals surface area contributed by atoms with Crippen LogP contribution in [0, 0.1) is 35.3 Å². The van der Waals surface area contributed by atoms with Crippen molar-refractivity contribution in [2.24, 2.45) is 0 Å². The molecule has 8 heteroatoms. The highest BCUT2D eigenvalue weighted by atomic mass is 32.1. The van der Waals surface area contributed by atoms with Gasteiger partial charge in [-0.05, 0) is 26.0 Å². The van der Waals surface area contributed by atoms with Crippen LogP contribution in [-0.4, -0.2) is 36.1 Å². The van der Waals surface area contributed by atoms with Gasteiger partial charge in [-0.2, -0.15) is 5.26 Å². The van der Waals surface area contributed by atoms with E-state index < -0.39 is 4.92 Å². The number of nitro groups is 1. The van der Waals surface area contributed by atoms with Crippen molar-refractivity contribution in [1.29, 1.82) is 5.26 Å². The van der Waals surface area contributed by atoms with E-state index in [0.29, 0.717) is 24.3 Å². The van der Waals surface area contributed by atoms with Gasteiger partial charge in [0, 0.05) is 37.1 Å². The monoisotopic (exact) mass is 343 g/mol. The topological polar surface area (TPSA) is 86.3 Å². The van der Waals surface area contributed by atoms with Crippen LogP contribution in [0.4, 0.5) is 16.5 Å². The molecule has 1 saturated heterocycles. The summed E-state index contributed by atoms with van der Waals surface area (Å²) in [5.41, 5.74) is 1.92. The Morgan fingerprint density at radius 1 is 1.25 bits per heavy atom. The number of nitrogens with zero attached hydrogens (tertiary/aromatic N) is 5. The van der Waals surface area contributed by atoms with Crippen molar-refractivity contribution in [3.8, 4) is 6.07 Å². The fourth-order valence-corrected chi connectivity index (χ4v) is 3.70. The first-order valence-corrected chi connectivity index (χ1v) is 8.43. The van der Waals surface area contributed by atoms with Crippen molar-refractivity contribution in [2.45, 2.75) is 13.8 Å². The highest BCUT2D eigenvalue weighted by Gasteiger charge is 2.25. The molecule has 1 aliphatic rings. The second-order valence-electron chi connectivity index (χ2n) is 5.68. The molecule has 7 nitrogen and oxygen atoms in total. The summed E-state index contributed by atoms with van der Waals surface area (Å²) in [6.07, 6.45) is 0. The summed E-state index contributed by atoms with van der Waals surface area (Å²) in [6, 6.07) is 6.59. The number of nitro benzene ring substituents is 1. The van der Waals surface area contributed by atoms with Crippen LogP contribution >= 0.6 is 11.3 Å². The first-order valence-electron chi connectivity index (χ1n) is 7.62. The van der Waals surface area contributed by atoms with Gasteiger partial charge in [0.05, 0.1) is 22.2 Å². The summed E-state index contributed by atoms with van der Waals surface area (Å²) in [5.74, 6) is 0. The number of aryl methyl sites for hydroxylation is 2. The second-order valence-corrected chi connectivity index (χ2v) is 6.87. The number of nitriles is 1. The Bertz CT molecular complexity index is 799. The van der Waals surface area contributed by atoms with Gasteiger partial charge in [0.1, 0.15) is 5.69 Å². The Labute approximate surface area is 143 Å². The van der Waals surface area contributed by atoms with Gasteiger partial charge >= 0.3 is 0 Å². The molecule has 1 fully saturated rings. The van der Waals surface area contributed by atoms with Crippen molar-refractivity contribution in [3.05, 3.63) is 44.4 Å². The van der Waals surface area contributed by atoms with Crippen LogP contribution in [0.25, 0.3) is 0 Å². The lowest BCUT2D eigenvalue weighted by molar-refractivity contribution is -0.384. The van der Waals surface area contributed by atoms with Gasteiger partial charge in [0.2, 0.25) is 0 Å². The maximum atomic E-state index is 11.3. The van der Waals surface area contributed by atoms with Gasteiger partial charge in [-0.25, -0.2) is 4.98 Å². The Morgan fingerprint density at radius 3 is 2.46 bits per heavy atom. The average Bonchev–Trinajstić information content (AvgIpc) is 2.93. The molecule has 0 atom stereocenters. The van der Waals surface area contributed by atoms with Crippen LogP contribution < -0.4 is 9.80 Å². The molecule has 0 aliphatic carbocycles. The van der Waals surface area contributed by atoms with E-state index in [1.807, 2.05) is 17.9 Å². The van der Waals surface area contributed by atoms with Crippen LogP contribution in [0.3, 0.4) is 0 Å². The number of piperazine rings is 1. The molecule has 0 radical (unpaired) electrons. The number of hydrogen-bond acceptors (Lipinski definition) is 7. The lowest BCUT2D eigenvalue weighted by Crippen LogP contribution is -2.46. The van der Waals surface area contributed by atoms with Crippen LogP contribution in [0.5, 0.6) is 0 Å². The van der Waals surface area contributed by atoms with E-state index >= 15 is 0 Å². The summed E-state index contributed by atoms with van der Waals surface area (Å²) < 4.78 is 0. The molecule has 0 bridgehead atoms. The van der Waals surface area contributed by atoms with E-state index in [-0.39, 0.29) is 5.69 Å². The number of aromatic nitrogens is 1. The quantitative estimate of drug-likeness (QED) is 0.629. The maximum Gasteiger partial charge on any atom is 0.293 e. The third-order valence-corrected chi connectivity index (χ3v) is 5.34. The van der Waals surface area contributed by atoms with Crippen LogP contribution in [0.2, 0.25) is 0 Å². The molecule has 0 spiro atoms. The SMILES string of the molecule is Cc1nc(N2CCN(c3ccc(C#N)cc3[N+](=O)[O-])CC2)sc1C. The lowest BCUT2D eigenvalue weighted by Gasteiger charge is -2.35. The van der Waals surface area contributed by atoms with Crippen LogP contribution in [-0.2, 0) is 0 Å². The van der Waals surface area contributed by atoms with Crippen LogP contribution in [0.15, 0.2) is 18.2 Å². The van der Waals surface area contributed by atoms with Gasteiger partial charge in [0.25, 0.3) is 5.69 Å². The molecule has 0 unspecified atom stereocenters. The molecular formula is C16H17N5O2S. The summed E-state index contributed by atoms with van der Waals surface area (Å²) >= 11 is 1.68. The third-order valence-electron chi connectivity index (χ3n) is 4.21. The van der Waals surface area contributed by atoms with E-state index in [1.165, 1.54) is 10.9 Å². The molecule has 124 valence electrons. The van der Waals surface area contributed by atoms with Crippen molar-refractivity contribution in [2.75, 3.05) is 36.0 Å². The van der Waals surface area contributed by atoms with E-state index in [1.54, 1.807) is 23.5 Å². The molecule has 0 saturated carbocycles. The van der Waals surface area contributed by atoms with Crippen molar-refractivity contribution in [1.82, 2.24) is 4.98 Å². The molecule has 0 amide bonds. The second kappa shape index (κ2) is 6.45. The molecule has 24 heavy (non-hydrogen) atoms. The standard InChI is InChI=1S/C16H17N5O2S/c1-11-12(2)24-16(18-11)20-7-5-19(6-8-20)14-4-3-13(10-17)9-15(14)21(22)23/h3-4,9H,5-8H2,1-2H3. The van der Waals surface area contributed by atoms with Crippen molar-refractivity contribution < 1.29 is 4.92 Å². The summed E-state index contributed by atoms with van der Waals surface area (Å²) in [7, 11) is 0. The first-order chi connectivity index (χ1) is 11.5. The smallest absolute Gasteiger partial charge is 0.293 e. The van der Waals surface area contributed by atoms with Gasteiger partial charge in [-0.15, -0.1) is 11.3 Å². The average molecular weight is 343 g/mol. The largest absolute Gasteiger partial charge is 0.362 e. The third kappa shape index (κ3) is 3.03. The Hall–Kier alpha value is -2.66. The van der Waals surface area contributed by atoms with E-state index in [0.717, 1.165) is 23.9 Å². The zero-order valence-corrected chi connectivity index (χ0v) is 14.3. The fraction of sp³-hybridized carbons (Fsp3) is 0.375. The van der Waals surface area contributed by atoms with Gasteiger partial charge in [-0.3, -0.25) is 10.1 Å². The molecule has 0 N–H and O–H groups in total. The van der Waals surface area contributed by atoms with Crippen molar-refractivity contribution >= 4 is 27.8 Å². The number of anilines is 2. The molecular weight excluding hydrogens is 326 g/mol. The minimum Gasteiger partial charge on any atom is -0.362 e. The molecule has 2 heterocycles. The zero-order chi connectivity index (χ0) is 17.3. The lowest BCUT2D eigenvalue weighted by atomic mass is 10.1. The number of thiazole rings is 1. The van der Waals surface area contributed by atoms with Crippen molar-refractivity contribution in [3.63, 3.8) is 0 Å². The summed E-state index contributed by atoms with van der Waals surface area (Å²) in [5, 5.41) is 21.3. The summed E-state index contributed by atoms with van der Waals surface area (Å²) in [6.45, 7) is 6.97. The van der Waals surface area contributed by atoms with Gasteiger partial charge in [0.15, 0.2) is 5.13 Å². The van der Waals surface area contributed by atoms with Gasteiger partial charge < -0.3 is 9.80 Å². The van der Waals surface area contributed by atoms with Crippen LogP contribution in [0.1, 0.15) is 16.1 Å². The molecule has 1 aliphatic heterocycles. The maximum absolute atomic E-state index is 11.3. The minimum atomic E-state index is -0.421. The number of benzene rings is 1. The van der Waals surface area contributed by atoms with E-state index in [2.05, 4.69) is 16.8 Å². The molecule has 3 rings (SSSR count). The Morgan fingerprint density at radius 2 is 1.92 bits per heavy atom. The fourth-order valence-electron chi connectivity index (χ4n) is 2.74. The van der Waals surface area contributed by atoms with E-state index in [9.17, 15) is 10.1 Å². The molecule has 2 aromatic rings. The molecule has 1 aromatic heterocycles. The number of hydrogen-bond donors (Lipinski definition) is 0. The summed E-state index contributed by atoms with van der Waals surface area (Å²) in [4.78, 5) is 20.9. The Kier molecular flexibility index (Phi) is 4.36. The minimum absolute atomic E-state index is 0.0107. The first kappa shape index (κ1) is 16.2. The predicted molar refractivity (Wildman–Crippen MR) is 93.8 cm³/mol. The van der Waals surface area contributed by atoms with E-state index in [4.69, 9.17) is 5.26 Å². The highest BCUT2D eigenvalue weighted by Crippen LogP contribution is 2.31. The molecule has 1 aromatic carbocycles. The highest BCUT2D eigenvalue weighted by molar-refractivity contribution is 7.15. The van der Waals surface area contributed by atoms with Gasteiger partial charge in [-0.1, -0.05) is 0 Å². The normalized spacial score (nSPS) is 14.5. The number of rotatable bonds is 3. The predicted octanol–water partition coefficient (Wildman–Crippen LogP) is 2.87. The Balaban J connectivity index is 1.77. The zero-order valence-electron chi connectivity index (χ0n) is 13.5.